The van der Waals surface area contributed by atoms with Crippen molar-refractivity contribution in [2.45, 2.75) is 12.6 Å². The van der Waals surface area contributed by atoms with Crippen LogP contribution in [0.25, 0.3) is 0 Å². The van der Waals surface area contributed by atoms with E-state index < -0.39 is 12.0 Å². The lowest BCUT2D eigenvalue weighted by atomic mass is 10.2. The van der Waals surface area contributed by atoms with E-state index in [1.54, 1.807) is 23.3 Å². The predicted molar refractivity (Wildman–Crippen MR) is 56.3 cm³/mol. The maximum Gasteiger partial charge on any atom is 0.322 e. The fourth-order valence-corrected chi connectivity index (χ4v) is 2.00. The van der Waals surface area contributed by atoms with Gasteiger partial charge in [0.1, 0.15) is 6.04 Å². The van der Waals surface area contributed by atoms with E-state index in [1.807, 2.05) is 17.5 Å². The molecule has 78 valence electrons. The Bertz CT molecular complexity index is 287. The van der Waals surface area contributed by atoms with Crippen molar-refractivity contribution in [3.8, 4) is 0 Å². The van der Waals surface area contributed by atoms with Gasteiger partial charge in [0.25, 0.3) is 0 Å². The first kappa shape index (κ1) is 11.2. The number of nitrogens with zero attached hydrogens (tertiary/aromatic N) is 1. The van der Waals surface area contributed by atoms with Crippen LogP contribution in [0.5, 0.6) is 0 Å². The highest BCUT2D eigenvalue weighted by Crippen LogP contribution is 2.12. The van der Waals surface area contributed by atoms with Crippen LogP contribution in [0.3, 0.4) is 0 Å². The van der Waals surface area contributed by atoms with E-state index in [0.29, 0.717) is 6.54 Å². The largest absolute Gasteiger partial charge is 0.480 e. The van der Waals surface area contributed by atoms with E-state index in [9.17, 15) is 4.79 Å². The average Bonchev–Trinajstić information content (AvgIpc) is 2.57. The molecular weight excluding hydrogens is 200 g/mol. The molecule has 0 aliphatic carbocycles. The number of rotatable bonds is 5. The second-order valence-corrected chi connectivity index (χ2v) is 4.12. The quantitative estimate of drug-likeness (QED) is 0.753. The summed E-state index contributed by atoms with van der Waals surface area (Å²) < 4.78 is 0. The fraction of sp³-hybridized carbons (Fsp3) is 0.444. The zero-order chi connectivity index (χ0) is 10.6. The number of nitrogens with two attached hydrogens (primary N) is 1. The van der Waals surface area contributed by atoms with Crippen molar-refractivity contribution in [2.75, 3.05) is 13.6 Å². The van der Waals surface area contributed by atoms with E-state index in [1.165, 1.54) is 0 Å². The van der Waals surface area contributed by atoms with E-state index >= 15 is 0 Å². The molecular formula is C9H14N2O2S. The lowest BCUT2D eigenvalue weighted by Crippen LogP contribution is -2.43. The molecule has 1 heterocycles. The van der Waals surface area contributed by atoms with Crippen LogP contribution in [0.2, 0.25) is 0 Å². The molecule has 0 radical (unpaired) electrons. The third kappa shape index (κ3) is 2.80. The van der Waals surface area contributed by atoms with Gasteiger partial charge in [0.2, 0.25) is 0 Å². The molecule has 0 aromatic carbocycles. The SMILES string of the molecule is CN(Cc1cccs1)C(CN)C(=O)O. The summed E-state index contributed by atoms with van der Waals surface area (Å²) in [5, 5.41) is 10.8. The van der Waals surface area contributed by atoms with Crippen molar-refractivity contribution >= 4 is 17.3 Å². The molecule has 3 N–H and O–H groups in total. The first-order valence-electron chi connectivity index (χ1n) is 4.30. The summed E-state index contributed by atoms with van der Waals surface area (Å²) in [4.78, 5) is 13.7. The Labute approximate surface area is 87.0 Å². The van der Waals surface area contributed by atoms with Gasteiger partial charge in [-0.25, -0.2) is 0 Å². The van der Waals surface area contributed by atoms with Crippen molar-refractivity contribution in [2.24, 2.45) is 5.73 Å². The van der Waals surface area contributed by atoms with E-state index in [0.717, 1.165) is 4.88 Å². The van der Waals surface area contributed by atoms with Gasteiger partial charge in [-0.05, 0) is 18.5 Å². The van der Waals surface area contributed by atoms with Crippen molar-refractivity contribution in [1.82, 2.24) is 4.90 Å². The molecule has 0 fully saturated rings. The summed E-state index contributed by atoms with van der Waals surface area (Å²) >= 11 is 1.62. The number of carbonyl (C=O) groups is 1. The van der Waals surface area contributed by atoms with E-state index in [2.05, 4.69) is 0 Å². The normalized spacial score (nSPS) is 13.1. The summed E-state index contributed by atoms with van der Waals surface area (Å²) in [6.07, 6.45) is 0. The van der Waals surface area contributed by atoms with Gasteiger partial charge in [-0.15, -0.1) is 11.3 Å². The van der Waals surface area contributed by atoms with Gasteiger partial charge >= 0.3 is 5.97 Å². The van der Waals surface area contributed by atoms with Gasteiger partial charge in [-0.1, -0.05) is 6.07 Å². The average molecular weight is 214 g/mol. The number of hydrogen-bond donors (Lipinski definition) is 2. The van der Waals surface area contributed by atoms with Crippen LogP contribution in [0.1, 0.15) is 4.88 Å². The van der Waals surface area contributed by atoms with Crippen LogP contribution in [0, 0.1) is 0 Å². The smallest absolute Gasteiger partial charge is 0.322 e. The fourth-order valence-electron chi connectivity index (χ4n) is 1.23. The summed E-state index contributed by atoms with van der Waals surface area (Å²) in [7, 11) is 1.77. The van der Waals surface area contributed by atoms with Crippen LogP contribution in [-0.4, -0.2) is 35.6 Å². The topological polar surface area (TPSA) is 66.6 Å². The minimum Gasteiger partial charge on any atom is -0.480 e. The maximum absolute atomic E-state index is 10.8. The molecule has 0 aliphatic heterocycles. The highest BCUT2D eigenvalue weighted by molar-refractivity contribution is 7.09. The molecule has 0 spiro atoms. The van der Waals surface area contributed by atoms with Crippen molar-refractivity contribution in [1.29, 1.82) is 0 Å². The van der Waals surface area contributed by atoms with E-state index in [4.69, 9.17) is 10.8 Å². The predicted octanol–water partition coefficient (Wildman–Crippen LogP) is 0.592. The maximum atomic E-state index is 10.8. The molecule has 1 rings (SSSR count). The van der Waals surface area contributed by atoms with Crippen LogP contribution in [0.15, 0.2) is 17.5 Å². The van der Waals surface area contributed by atoms with Crippen molar-refractivity contribution in [3.05, 3.63) is 22.4 Å². The molecule has 1 aromatic heterocycles. The first-order chi connectivity index (χ1) is 6.65. The monoisotopic (exact) mass is 214 g/mol. The number of thiophene rings is 1. The minimum atomic E-state index is -0.869. The van der Waals surface area contributed by atoms with Gasteiger partial charge < -0.3 is 10.8 Å². The second-order valence-electron chi connectivity index (χ2n) is 3.08. The van der Waals surface area contributed by atoms with Gasteiger partial charge in [-0.3, -0.25) is 9.69 Å². The van der Waals surface area contributed by atoms with Crippen molar-refractivity contribution in [3.63, 3.8) is 0 Å². The molecule has 4 nitrogen and oxygen atoms in total. The molecule has 14 heavy (non-hydrogen) atoms. The number of carboxylic acids is 1. The lowest BCUT2D eigenvalue weighted by molar-refractivity contribution is -0.142. The summed E-state index contributed by atoms with van der Waals surface area (Å²) in [5.74, 6) is -0.869. The third-order valence-corrected chi connectivity index (χ3v) is 2.89. The Morgan fingerprint density at radius 1 is 1.79 bits per heavy atom. The molecule has 5 heteroatoms. The number of carboxylic acid groups (broad SMARTS) is 1. The summed E-state index contributed by atoms with van der Waals surface area (Å²) in [6.45, 7) is 0.767. The molecule has 1 aromatic rings. The van der Waals surface area contributed by atoms with Crippen LogP contribution in [0.4, 0.5) is 0 Å². The van der Waals surface area contributed by atoms with Crippen molar-refractivity contribution < 1.29 is 9.90 Å². The highest BCUT2D eigenvalue weighted by atomic mass is 32.1. The molecule has 0 saturated heterocycles. The van der Waals surface area contributed by atoms with Crippen LogP contribution < -0.4 is 5.73 Å². The summed E-state index contributed by atoms with van der Waals surface area (Å²) in [5.41, 5.74) is 5.38. The molecule has 1 unspecified atom stereocenters. The van der Waals surface area contributed by atoms with Gasteiger partial charge in [0.15, 0.2) is 0 Å². The van der Waals surface area contributed by atoms with Crippen LogP contribution in [-0.2, 0) is 11.3 Å². The Kier molecular flexibility index (Phi) is 4.06. The second kappa shape index (κ2) is 5.09. The number of hydrogen-bond acceptors (Lipinski definition) is 4. The molecule has 0 bridgehead atoms. The lowest BCUT2D eigenvalue weighted by Gasteiger charge is -2.22. The van der Waals surface area contributed by atoms with Crippen LogP contribution >= 0.6 is 11.3 Å². The Morgan fingerprint density at radius 3 is 2.93 bits per heavy atom. The zero-order valence-corrected chi connectivity index (χ0v) is 8.83. The van der Waals surface area contributed by atoms with E-state index in [-0.39, 0.29) is 6.54 Å². The standard InChI is InChI=1S/C9H14N2O2S/c1-11(8(5-10)9(12)13)6-7-3-2-4-14-7/h2-4,8H,5-6,10H2,1H3,(H,12,13). The highest BCUT2D eigenvalue weighted by Gasteiger charge is 2.20. The molecule has 0 saturated carbocycles. The first-order valence-corrected chi connectivity index (χ1v) is 5.18. The number of likely N-dealkylation sites (N-methyl/N-ethyl adjacent to an activating group) is 1. The minimum absolute atomic E-state index is 0.136. The molecule has 1 atom stereocenters. The zero-order valence-electron chi connectivity index (χ0n) is 8.01. The van der Waals surface area contributed by atoms with Gasteiger partial charge in [0, 0.05) is 18.0 Å². The Morgan fingerprint density at radius 2 is 2.50 bits per heavy atom. The van der Waals surface area contributed by atoms with Gasteiger partial charge in [-0.2, -0.15) is 0 Å². The Balaban J connectivity index is 2.56. The molecule has 0 aliphatic rings. The number of aliphatic carboxylic acids is 1. The summed E-state index contributed by atoms with van der Waals surface area (Å²) in [6, 6.07) is 3.33. The van der Waals surface area contributed by atoms with Gasteiger partial charge in [0.05, 0.1) is 0 Å². The third-order valence-electron chi connectivity index (χ3n) is 2.03. The Hall–Kier alpha value is -0.910. The molecule has 0 amide bonds.